The number of carbonyl (C=O) groups is 4. The number of ether oxygens (including phenoxy) is 3. The third-order valence-corrected chi connectivity index (χ3v) is 13.9. The van der Waals surface area contributed by atoms with Crippen molar-refractivity contribution >= 4 is 44.4 Å². The Morgan fingerprint density at radius 1 is 1.09 bits per heavy atom. The van der Waals surface area contributed by atoms with Crippen LogP contribution in [-0.4, -0.2) is 78.0 Å². The molecule has 3 heterocycles. The smallest absolute Gasteiger partial charge is 0.307 e. The summed E-state index contributed by atoms with van der Waals surface area (Å²) in [5.74, 6) is -2.34. The van der Waals surface area contributed by atoms with Gasteiger partial charge in [0.2, 0.25) is 33.6 Å². The van der Waals surface area contributed by atoms with Crippen LogP contribution >= 0.6 is 0 Å². The molecule has 13 heteroatoms. The fourth-order valence-corrected chi connectivity index (χ4v) is 9.48. The number of fused-ring (bicyclic) bond motifs is 3. The van der Waals surface area contributed by atoms with Crippen LogP contribution in [0.15, 0.2) is 42.5 Å². The number of esters is 1. The van der Waals surface area contributed by atoms with Crippen molar-refractivity contribution < 1.29 is 41.8 Å². The Morgan fingerprint density at radius 3 is 2.50 bits per heavy atom. The summed E-state index contributed by atoms with van der Waals surface area (Å²) in [6, 6.07) is 8.37. The van der Waals surface area contributed by atoms with Crippen molar-refractivity contribution in [2.45, 2.75) is 122 Å². The molecule has 294 valence electrons. The highest BCUT2D eigenvalue weighted by Crippen LogP contribution is 2.57. The number of nitrogens with zero attached hydrogens (tertiary/aromatic N) is 2. The van der Waals surface area contributed by atoms with Gasteiger partial charge >= 0.3 is 5.97 Å². The summed E-state index contributed by atoms with van der Waals surface area (Å²) in [6.45, 7) is 11.1. The lowest BCUT2D eigenvalue weighted by Crippen LogP contribution is -2.48. The van der Waals surface area contributed by atoms with Gasteiger partial charge in [0.25, 0.3) is 0 Å². The lowest BCUT2D eigenvalue weighted by Gasteiger charge is -2.32. The minimum absolute atomic E-state index is 0.0464. The summed E-state index contributed by atoms with van der Waals surface area (Å²) < 4.78 is 45.4. The standard InChI is InChI=1S/C41H55N3O9S/c1-25-12-8-10-14-28-22-41(28,38(48)43-54(49,50)40(6)16-17-40)23-33(45)32-20-29(52-36-30-15-11-9-13-27(30)19-34(42-36)51-7)24-44(32)37(47)31(26(2)18-25)21-35(46)53-39(3,4)5/h9-11,13-15,19,25-26,28-29,31-32H,8,12,16-18,20-24H2,1-7H3,(H,43,48)/b14-10-/t25-,26+,28+,29+,31-,32-,41+/m0/s1. The second kappa shape index (κ2) is 14.9. The van der Waals surface area contributed by atoms with E-state index in [1.807, 2.05) is 43.3 Å². The first-order chi connectivity index (χ1) is 25.3. The van der Waals surface area contributed by atoms with Crippen molar-refractivity contribution in [1.82, 2.24) is 14.6 Å². The topological polar surface area (TPSA) is 158 Å². The second-order valence-electron chi connectivity index (χ2n) is 17.4. The SMILES string of the molecule is COc1cc2ccccc2c(O[C@@H]2C[C@H]3C(=O)C[C@]4(C(=O)NS(=O)(=O)C5(C)CC5)C[C@H]4/C=C\CC[C@H](C)C[C@@H](C)[C@H](CC(=O)OC(C)(C)C)C(=O)N3C2)n1. The molecular weight excluding hydrogens is 711 g/mol. The Kier molecular flexibility index (Phi) is 11.0. The van der Waals surface area contributed by atoms with E-state index in [1.54, 1.807) is 33.8 Å². The maximum Gasteiger partial charge on any atom is 0.307 e. The third-order valence-electron chi connectivity index (χ3n) is 11.8. The van der Waals surface area contributed by atoms with Crippen LogP contribution in [0.5, 0.6) is 11.8 Å². The number of methoxy groups -OCH3 is 1. The number of hydrogen-bond donors (Lipinski definition) is 1. The van der Waals surface area contributed by atoms with E-state index in [9.17, 15) is 27.6 Å². The van der Waals surface area contributed by atoms with Gasteiger partial charge in [0.15, 0.2) is 5.78 Å². The summed E-state index contributed by atoms with van der Waals surface area (Å²) in [7, 11) is -2.44. The monoisotopic (exact) mass is 765 g/mol. The first-order valence-electron chi connectivity index (χ1n) is 19.2. The summed E-state index contributed by atoms with van der Waals surface area (Å²) >= 11 is 0. The summed E-state index contributed by atoms with van der Waals surface area (Å²) in [5, 5.41) is 1.58. The van der Waals surface area contributed by atoms with Gasteiger partial charge in [0, 0.05) is 24.3 Å². The molecule has 3 fully saturated rings. The van der Waals surface area contributed by atoms with E-state index in [-0.39, 0.29) is 55.3 Å². The van der Waals surface area contributed by atoms with Crippen LogP contribution in [0.1, 0.15) is 99.3 Å². The van der Waals surface area contributed by atoms with Crippen LogP contribution in [0.4, 0.5) is 0 Å². The molecule has 2 aromatic rings. The molecule has 0 radical (unpaired) electrons. The van der Waals surface area contributed by atoms with Gasteiger partial charge in [-0.25, -0.2) is 8.42 Å². The molecule has 1 aromatic heterocycles. The van der Waals surface area contributed by atoms with E-state index in [1.165, 1.54) is 12.0 Å². The third kappa shape index (κ3) is 8.45. The molecule has 1 saturated heterocycles. The van der Waals surface area contributed by atoms with E-state index in [2.05, 4.69) is 16.6 Å². The predicted molar refractivity (Wildman–Crippen MR) is 203 cm³/mol. The lowest BCUT2D eigenvalue weighted by molar-refractivity contribution is -0.160. The van der Waals surface area contributed by atoms with Gasteiger partial charge in [0.05, 0.1) is 42.2 Å². The quantitative estimate of drug-likeness (QED) is 0.253. The van der Waals surface area contributed by atoms with Crippen LogP contribution < -0.4 is 14.2 Å². The fourth-order valence-electron chi connectivity index (χ4n) is 8.14. The minimum Gasteiger partial charge on any atom is -0.481 e. The number of pyridine rings is 1. The van der Waals surface area contributed by atoms with E-state index in [0.717, 1.165) is 23.6 Å². The van der Waals surface area contributed by atoms with Gasteiger partial charge in [-0.2, -0.15) is 4.98 Å². The van der Waals surface area contributed by atoms with Crippen LogP contribution in [0.3, 0.4) is 0 Å². The Hall–Kier alpha value is -4.00. The van der Waals surface area contributed by atoms with Crippen LogP contribution in [-0.2, 0) is 33.9 Å². The summed E-state index contributed by atoms with van der Waals surface area (Å²) in [6.07, 6.45) is 6.48. The molecule has 2 saturated carbocycles. The summed E-state index contributed by atoms with van der Waals surface area (Å²) in [4.78, 5) is 62.9. The normalized spacial score (nSPS) is 30.6. The van der Waals surface area contributed by atoms with Gasteiger partial charge in [-0.15, -0.1) is 0 Å². The van der Waals surface area contributed by atoms with Crippen LogP contribution in [0.25, 0.3) is 10.8 Å². The number of ketones is 1. The first kappa shape index (κ1) is 39.7. The summed E-state index contributed by atoms with van der Waals surface area (Å²) in [5.41, 5.74) is -2.01. The van der Waals surface area contributed by atoms with Crippen molar-refractivity contribution in [2.24, 2.45) is 29.1 Å². The first-order valence-corrected chi connectivity index (χ1v) is 20.7. The van der Waals surface area contributed by atoms with Gasteiger partial charge in [-0.3, -0.25) is 23.9 Å². The number of Topliss-reactive ketones (excluding diaryl/α,β-unsaturated/α-hetero) is 1. The Bertz CT molecular complexity index is 1930. The zero-order valence-electron chi connectivity index (χ0n) is 32.6. The van der Waals surface area contributed by atoms with E-state index < -0.39 is 55.7 Å². The molecule has 12 nitrogen and oxygen atoms in total. The van der Waals surface area contributed by atoms with Crippen LogP contribution in [0, 0.1) is 29.1 Å². The Balaban J connectivity index is 1.36. The van der Waals surface area contributed by atoms with Gasteiger partial charge in [-0.1, -0.05) is 44.2 Å². The molecule has 2 amide bonds. The molecule has 54 heavy (non-hydrogen) atoms. The number of nitrogens with one attached hydrogen (secondary N) is 1. The molecule has 2 aliphatic carbocycles. The molecule has 2 aliphatic heterocycles. The zero-order chi connectivity index (χ0) is 39.2. The van der Waals surface area contributed by atoms with E-state index in [4.69, 9.17) is 14.2 Å². The molecular formula is C41H55N3O9S. The maximum atomic E-state index is 14.9. The molecule has 7 atom stereocenters. The molecule has 1 N–H and O–H groups in total. The number of allylic oxidation sites excluding steroid dienone is 2. The predicted octanol–water partition coefficient (Wildman–Crippen LogP) is 5.92. The highest BCUT2D eigenvalue weighted by Gasteiger charge is 2.62. The fraction of sp³-hybridized carbons (Fsp3) is 0.634. The zero-order valence-corrected chi connectivity index (χ0v) is 33.4. The maximum absolute atomic E-state index is 14.9. The van der Waals surface area contributed by atoms with Crippen molar-refractivity contribution in [3.05, 3.63) is 42.5 Å². The van der Waals surface area contributed by atoms with Gasteiger partial charge in [0.1, 0.15) is 11.7 Å². The number of rotatable bonds is 8. The van der Waals surface area contributed by atoms with Gasteiger partial charge in [-0.05, 0) is 95.4 Å². The molecule has 0 bridgehead atoms. The van der Waals surface area contributed by atoms with Crippen molar-refractivity contribution in [3.8, 4) is 11.8 Å². The van der Waals surface area contributed by atoms with Crippen molar-refractivity contribution in [3.63, 3.8) is 0 Å². The number of benzene rings is 1. The highest BCUT2D eigenvalue weighted by atomic mass is 32.2. The van der Waals surface area contributed by atoms with E-state index in [0.29, 0.717) is 37.4 Å². The molecule has 6 rings (SSSR count). The number of carbonyl (C=O) groups excluding carboxylic acids is 4. The molecule has 0 unspecified atom stereocenters. The van der Waals surface area contributed by atoms with E-state index >= 15 is 0 Å². The number of hydrogen-bond acceptors (Lipinski definition) is 10. The lowest BCUT2D eigenvalue weighted by atomic mass is 9.82. The second-order valence-corrected chi connectivity index (χ2v) is 19.6. The largest absolute Gasteiger partial charge is 0.481 e. The van der Waals surface area contributed by atoms with Gasteiger partial charge < -0.3 is 19.1 Å². The van der Waals surface area contributed by atoms with Crippen LogP contribution in [0.2, 0.25) is 0 Å². The number of sulfonamides is 1. The van der Waals surface area contributed by atoms with Crippen molar-refractivity contribution in [2.75, 3.05) is 13.7 Å². The average Bonchev–Trinajstić information content (AvgIpc) is 3.97. The number of amides is 2. The Labute approximate surface area is 318 Å². The van der Waals surface area contributed by atoms with Crippen molar-refractivity contribution in [1.29, 1.82) is 0 Å². The Morgan fingerprint density at radius 2 is 1.81 bits per heavy atom. The molecule has 4 aliphatic rings. The number of aromatic nitrogens is 1. The molecule has 0 spiro atoms. The average molecular weight is 766 g/mol. The highest BCUT2D eigenvalue weighted by molar-refractivity contribution is 7.91. The molecule has 1 aromatic carbocycles. The minimum atomic E-state index is -3.95.